The van der Waals surface area contributed by atoms with Gasteiger partial charge in [0.05, 0.1) is 0 Å². The molecule has 0 fully saturated rings. The highest BCUT2D eigenvalue weighted by Gasteiger charge is 2.13. The lowest BCUT2D eigenvalue weighted by atomic mass is 10.0. The summed E-state index contributed by atoms with van der Waals surface area (Å²) < 4.78 is 0. The van der Waals surface area contributed by atoms with Gasteiger partial charge in [0.15, 0.2) is 5.84 Å². The first-order valence-corrected chi connectivity index (χ1v) is 5.78. The largest absolute Gasteiger partial charge is 0.409 e. The van der Waals surface area contributed by atoms with Crippen molar-refractivity contribution < 1.29 is 5.21 Å². The van der Waals surface area contributed by atoms with Crippen LogP contribution in [0, 0.1) is 5.92 Å². The molecule has 0 aliphatic rings. The lowest BCUT2D eigenvalue weighted by Crippen LogP contribution is -2.33. The predicted octanol–water partition coefficient (Wildman–Crippen LogP) is 2.26. The Balaban J connectivity index is 2.88. The van der Waals surface area contributed by atoms with Crippen LogP contribution in [0.15, 0.2) is 29.4 Å². The van der Waals surface area contributed by atoms with Crippen LogP contribution in [0.1, 0.15) is 26.3 Å². The number of nitrogens with zero attached hydrogens (tertiary/aromatic N) is 2. The molecule has 1 aromatic carbocycles. The molecule has 0 spiro atoms. The van der Waals surface area contributed by atoms with E-state index in [1.165, 1.54) is 0 Å². The molecule has 0 saturated carbocycles. The molecule has 4 nitrogen and oxygen atoms in total. The molecule has 94 valence electrons. The van der Waals surface area contributed by atoms with Crippen molar-refractivity contribution in [3.8, 4) is 0 Å². The lowest BCUT2D eigenvalue weighted by molar-refractivity contribution is 0.318. The van der Waals surface area contributed by atoms with Crippen LogP contribution in [-0.2, 0) is 0 Å². The summed E-state index contributed by atoms with van der Waals surface area (Å²) in [4.78, 5) is 2.22. The van der Waals surface area contributed by atoms with Crippen molar-refractivity contribution in [2.45, 2.75) is 26.8 Å². The highest BCUT2D eigenvalue weighted by Crippen LogP contribution is 2.19. The Bertz CT molecular complexity index is 384. The molecule has 0 saturated heterocycles. The smallest absolute Gasteiger partial charge is 0.170 e. The summed E-state index contributed by atoms with van der Waals surface area (Å²) in [5.41, 5.74) is 7.36. The third kappa shape index (κ3) is 3.12. The number of benzene rings is 1. The van der Waals surface area contributed by atoms with Gasteiger partial charge >= 0.3 is 0 Å². The van der Waals surface area contributed by atoms with Crippen molar-refractivity contribution in [2.24, 2.45) is 16.8 Å². The zero-order valence-electron chi connectivity index (χ0n) is 10.9. The summed E-state index contributed by atoms with van der Waals surface area (Å²) in [6.45, 7) is 6.60. The zero-order valence-corrected chi connectivity index (χ0v) is 10.9. The molecule has 4 heteroatoms. The van der Waals surface area contributed by atoms with Gasteiger partial charge < -0.3 is 15.8 Å². The molecule has 0 aromatic heterocycles. The molecule has 1 atom stereocenters. The summed E-state index contributed by atoms with van der Waals surface area (Å²) in [6.07, 6.45) is 0. The maximum Gasteiger partial charge on any atom is 0.170 e. The molecule has 0 bridgehead atoms. The van der Waals surface area contributed by atoms with Crippen LogP contribution in [0.4, 0.5) is 5.69 Å². The predicted molar refractivity (Wildman–Crippen MR) is 71.7 cm³/mol. The number of oxime groups is 1. The Labute approximate surface area is 103 Å². The first-order chi connectivity index (χ1) is 7.97. The van der Waals surface area contributed by atoms with E-state index in [0.29, 0.717) is 12.0 Å². The minimum atomic E-state index is 0.135. The molecule has 1 rings (SSSR count). The van der Waals surface area contributed by atoms with Gasteiger partial charge in [-0.1, -0.05) is 19.0 Å². The molecule has 0 heterocycles. The number of nitrogens with two attached hydrogens (primary N) is 1. The third-order valence-corrected chi connectivity index (χ3v) is 3.25. The van der Waals surface area contributed by atoms with Crippen LogP contribution < -0.4 is 10.6 Å². The maximum absolute atomic E-state index is 8.58. The molecular formula is C13H21N3O. The zero-order chi connectivity index (χ0) is 13.0. The Morgan fingerprint density at radius 3 is 2.18 bits per heavy atom. The summed E-state index contributed by atoms with van der Waals surface area (Å²) in [6, 6.07) is 8.13. The monoisotopic (exact) mass is 235 g/mol. The van der Waals surface area contributed by atoms with Gasteiger partial charge in [-0.25, -0.2) is 0 Å². The fourth-order valence-electron chi connectivity index (χ4n) is 1.61. The van der Waals surface area contributed by atoms with Crippen molar-refractivity contribution in [3.05, 3.63) is 29.8 Å². The second-order valence-corrected chi connectivity index (χ2v) is 4.63. The van der Waals surface area contributed by atoms with E-state index < -0.39 is 0 Å². The van der Waals surface area contributed by atoms with E-state index >= 15 is 0 Å². The first-order valence-electron chi connectivity index (χ1n) is 5.78. The topological polar surface area (TPSA) is 61.8 Å². The minimum absolute atomic E-state index is 0.135. The third-order valence-electron chi connectivity index (χ3n) is 3.25. The molecular weight excluding hydrogens is 214 g/mol. The minimum Gasteiger partial charge on any atom is -0.409 e. The van der Waals surface area contributed by atoms with Gasteiger partial charge in [0.1, 0.15) is 0 Å². The molecule has 1 aromatic rings. The lowest BCUT2D eigenvalue weighted by Gasteiger charge is -2.30. The molecule has 0 amide bonds. The highest BCUT2D eigenvalue weighted by atomic mass is 16.4. The van der Waals surface area contributed by atoms with Gasteiger partial charge in [0.25, 0.3) is 0 Å². The van der Waals surface area contributed by atoms with Crippen LogP contribution in [0.5, 0.6) is 0 Å². The fourth-order valence-corrected chi connectivity index (χ4v) is 1.61. The van der Waals surface area contributed by atoms with E-state index in [1.807, 2.05) is 24.3 Å². The van der Waals surface area contributed by atoms with Crippen LogP contribution in [0.25, 0.3) is 0 Å². The fraction of sp³-hybridized carbons (Fsp3) is 0.462. The second kappa shape index (κ2) is 5.57. The molecule has 0 aliphatic carbocycles. The van der Waals surface area contributed by atoms with Gasteiger partial charge in [-0.15, -0.1) is 0 Å². The van der Waals surface area contributed by atoms with E-state index in [2.05, 4.69) is 37.9 Å². The summed E-state index contributed by atoms with van der Waals surface area (Å²) >= 11 is 0. The standard InChI is InChI=1S/C13H21N3O/c1-9(2)10(3)16(4)12-7-5-11(6-8-12)13(14)15-17/h5-10,17H,1-4H3,(H2,14,15). The van der Waals surface area contributed by atoms with Gasteiger partial charge in [0.2, 0.25) is 0 Å². The summed E-state index contributed by atoms with van der Waals surface area (Å²) in [7, 11) is 2.07. The number of amidine groups is 1. The average Bonchev–Trinajstić information content (AvgIpc) is 2.36. The van der Waals surface area contributed by atoms with Crippen molar-refractivity contribution in [1.29, 1.82) is 0 Å². The Hall–Kier alpha value is -1.71. The molecule has 17 heavy (non-hydrogen) atoms. The van der Waals surface area contributed by atoms with Gasteiger partial charge in [-0.2, -0.15) is 0 Å². The van der Waals surface area contributed by atoms with Crippen LogP contribution in [-0.4, -0.2) is 24.1 Å². The average molecular weight is 235 g/mol. The van der Waals surface area contributed by atoms with Crippen LogP contribution in [0.3, 0.4) is 0 Å². The van der Waals surface area contributed by atoms with Crippen LogP contribution in [0.2, 0.25) is 0 Å². The van der Waals surface area contributed by atoms with Crippen molar-refractivity contribution in [3.63, 3.8) is 0 Å². The molecule has 0 radical (unpaired) electrons. The van der Waals surface area contributed by atoms with E-state index in [0.717, 1.165) is 11.3 Å². The Morgan fingerprint density at radius 1 is 1.24 bits per heavy atom. The second-order valence-electron chi connectivity index (χ2n) is 4.63. The Kier molecular flexibility index (Phi) is 4.37. The summed E-state index contributed by atoms with van der Waals surface area (Å²) in [5.74, 6) is 0.722. The van der Waals surface area contributed by atoms with Gasteiger partial charge in [-0.3, -0.25) is 0 Å². The SMILES string of the molecule is CC(C)C(C)N(C)c1ccc(/C(N)=N/O)cc1. The number of hydrogen-bond acceptors (Lipinski definition) is 3. The van der Waals surface area contributed by atoms with E-state index in [-0.39, 0.29) is 5.84 Å². The van der Waals surface area contributed by atoms with Crippen molar-refractivity contribution >= 4 is 11.5 Å². The van der Waals surface area contributed by atoms with Gasteiger partial charge in [0, 0.05) is 24.3 Å². The molecule has 3 N–H and O–H groups in total. The quantitative estimate of drug-likeness (QED) is 0.364. The summed E-state index contributed by atoms with van der Waals surface area (Å²) in [5, 5.41) is 11.6. The van der Waals surface area contributed by atoms with E-state index in [9.17, 15) is 0 Å². The Morgan fingerprint density at radius 2 is 1.76 bits per heavy atom. The normalized spacial score (nSPS) is 13.8. The van der Waals surface area contributed by atoms with Crippen LogP contribution >= 0.6 is 0 Å². The van der Waals surface area contributed by atoms with E-state index in [1.54, 1.807) is 0 Å². The van der Waals surface area contributed by atoms with Gasteiger partial charge in [-0.05, 0) is 37.1 Å². The number of hydrogen-bond donors (Lipinski definition) is 2. The van der Waals surface area contributed by atoms with Crippen molar-refractivity contribution in [2.75, 3.05) is 11.9 Å². The highest BCUT2D eigenvalue weighted by molar-refractivity contribution is 5.97. The maximum atomic E-state index is 8.58. The molecule has 0 aliphatic heterocycles. The number of anilines is 1. The number of rotatable bonds is 4. The van der Waals surface area contributed by atoms with Crippen molar-refractivity contribution in [1.82, 2.24) is 0 Å². The van der Waals surface area contributed by atoms with E-state index in [4.69, 9.17) is 10.9 Å². The molecule has 1 unspecified atom stereocenters. The first kappa shape index (κ1) is 13.4.